The number of benzene rings is 2. The predicted octanol–water partition coefficient (Wildman–Crippen LogP) is 5.27. The third-order valence-electron chi connectivity index (χ3n) is 5.73. The minimum Gasteiger partial charge on any atom is -0.339 e. The molecule has 148 valence electrons. The maximum Gasteiger partial charge on any atom is 0.253 e. The Kier molecular flexibility index (Phi) is 6.40. The van der Waals surface area contributed by atoms with E-state index in [0.717, 1.165) is 31.2 Å². The van der Waals surface area contributed by atoms with Crippen molar-refractivity contribution in [1.82, 2.24) is 4.90 Å². The summed E-state index contributed by atoms with van der Waals surface area (Å²) in [5, 5.41) is 3.74. The van der Waals surface area contributed by atoms with Gasteiger partial charge in [0.1, 0.15) is 0 Å². The lowest BCUT2D eigenvalue weighted by Crippen LogP contribution is -2.38. The molecule has 0 atom stereocenters. The summed E-state index contributed by atoms with van der Waals surface area (Å²) in [5.74, 6) is 0.0199. The fourth-order valence-corrected chi connectivity index (χ4v) is 4.16. The third kappa shape index (κ3) is 4.07. The molecule has 2 aromatic rings. The van der Waals surface area contributed by atoms with Crippen molar-refractivity contribution in [3.63, 3.8) is 0 Å². The van der Waals surface area contributed by atoms with Gasteiger partial charge >= 0.3 is 0 Å². The standard InChI is InChI=1S/C23H27ClN2O2/c1-3-26(4-2)21(27)17-7-13-20(14-8-17)25-22(28)23(15-5-6-16-23)18-9-11-19(24)12-10-18/h7-14H,3-6,15-16H2,1-2H3,(H,25,28). The highest BCUT2D eigenvalue weighted by Gasteiger charge is 2.42. The molecular formula is C23H27ClN2O2. The van der Waals surface area contributed by atoms with Crippen LogP contribution < -0.4 is 5.32 Å². The van der Waals surface area contributed by atoms with E-state index in [2.05, 4.69) is 5.32 Å². The summed E-state index contributed by atoms with van der Waals surface area (Å²) in [4.78, 5) is 27.4. The van der Waals surface area contributed by atoms with Gasteiger partial charge < -0.3 is 10.2 Å². The lowest BCUT2D eigenvalue weighted by Gasteiger charge is -2.28. The molecule has 1 aliphatic carbocycles. The van der Waals surface area contributed by atoms with Gasteiger partial charge in [0, 0.05) is 29.4 Å². The first kappa shape index (κ1) is 20.4. The van der Waals surface area contributed by atoms with Crippen LogP contribution in [0.15, 0.2) is 48.5 Å². The Morgan fingerprint density at radius 2 is 1.54 bits per heavy atom. The van der Waals surface area contributed by atoms with E-state index in [0.29, 0.717) is 29.4 Å². The zero-order chi connectivity index (χ0) is 20.1. The van der Waals surface area contributed by atoms with Crippen molar-refractivity contribution in [3.05, 3.63) is 64.7 Å². The summed E-state index contributed by atoms with van der Waals surface area (Å²) in [7, 11) is 0. The van der Waals surface area contributed by atoms with Gasteiger partial charge in [-0.15, -0.1) is 0 Å². The molecule has 0 saturated heterocycles. The zero-order valence-electron chi connectivity index (χ0n) is 16.5. The Balaban J connectivity index is 1.77. The molecule has 1 fully saturated rings. The Morgan fingerprint density at radius 3 is 2.07 bits per heavy atom. The Bertz CT molecular complexity index is 821. The summed E-state index contributed by atoms with van der Waals surface area (Å²) in [5.41, 5.74) is 1.84. The molecule has 0 unspecified atom stereocenters. The topological polar surface area (TPSA) is 49.4 Å². The quantitative estimate of drug-likeness (QED) is 0.720. The smallest absolute Gasteiger partial charge is 0.253 e. The van der Waals surface area contributed by atoms with Crippen LogP contribution in [0.25, 0.3) is 0 Å². The number of hydrogen-bond donors (Lipinski definition) is 1. The van der Waals surface area contributed by atoms with E-state index in [1.165, 1.54) is 0 Å². The summed E-state index contributed by atoms with van der Waals surface area (Å²) in [6.45, 7) is 5.29. The second-order valence-electron chi connectivity index (χ2n) is 7.31. The van der Waals surface area contributed by atoms with Gasteiger partial charge in [-0.3, -0.25) is 9.59 Å². The van der Waals surface area contributed by atoms with E-state index in [4.69, 9.17) is 11.6 Å². The molecule has 3 rings (SSSR count). The van der Waals surface area contributed by atoms with Crippen LogP contribution in [0.2, 0.25) is 5.02 Å². The van der Waals surface area contributed by atoms with Gasteiger partial charge in [-0.1, -0.05) is 36.6 Å². The molecule has 0 heterocycles. The van der Waals surface area contributed by atoms with Gasteiger partial charge in [0.05, 0.1) is 5.41 Å². The molecule has 2 amide bonds. The number of anilines is 1. The van der Waals surface area contributed by atoms with E-state index in [1.807, 2.05) is 38.1 Å². The fourth-order valence-electron chi connectivity index (χ4n) is 4.03. The molecule has 0 bridgehead atoms. The highest BCUT2D eigenvalue weighted by atomic mass is 35.5. The molecule has 0 aromatic heterocycles. The first-order valence-electron chi connectivity index (χ1n) is 9.97. The Hall–Kier alpha value is -2.33. The molecular weight excluding hydrogens is 372 g/mol. The van der Waals surface area contributed by atoms with E-state index in [-0.39, 0.29) is 11.8 Å². The van der Waals surface area contributed by atoms with Crippen LogP contribution in [0.5, 0.6) is 0 Å². The number of carbonyl (C=O) groups excluding carboxylic acids is 2. The van der Waals surface area contributed by atoms with Crippen molar-refractivity contribution in [1.29, 1.82) is 0 Å². The first-order valence-corrected chi connectivity index (χ1v) is 10.3. The number of carbonyl (C=O) groups is 2. The van der Waals surface area contributed by atoms with Gasteiger partial charge in [-0.2, -0.15) is 0 Å². The molecule has 1 N–H and O–H groups in total. The zero-order valence-corrected chi connectivity index (χ0v) is 17.3. The minimum atomic E-state index is -0.514. The number of rotatable bonds is 6. The van der Waals surface area contributed by atoms with Crippen molar-refractivity contribution >= 4 is 29.1 Å². The van der Waals surface area contributed by atoms with Gasteiger partial charge in [0.25, 0.3) is 5.91 Å². The van der Waals surface area contributed by atoms with Crippen LogP contribution in [0.1, 0.15) is 55.5 Å². The van der Waals surface area contributed by atoms with Crippen LogP contribution >= 0.6 is 11.6 Å². The van der Waals surface area contributed by atoms with Gasteiger partial charge in [-0.05, 0) is 68.7 Å². The maximum atomic E-state index is 13.2. The van der Waals surface area contributed by atoms with Gasteiger partial charge in [0.2, 0.25) is 5.91 Å². The summed E-state index contributed by atoms with van der Waals surface area (Å²) in [6, 6.07) is 14.8. The monoisotopic (exact) mass is 398 g/mol. The summed E-state index contributed by atoms with van der Waals surface area (Å²) < 4.78 is 0. The number of amides is 2. The SMILES string of the molecule is CCN(CC)C(=O)c1ccc(NC(=O)C2(c3ccc(Cl)cc3)CCCC2)cc1. The lowest BCUT2D eigenvalue weighted by molar-refractivity contribution is -0.121. The van der Waals surface area contributed by atoms with E-state index < -0.39 is 5.41 Å². The molecule has 28 heavy (non-hydrogen) atoms. The predicted molar refractivity (Wildman–Crippen MR) is 114 cm³/mol. The van der Waals surface area contributed by atoms with Gasteiger partial charge in [-0.25, -0.2) is 0 Å². The fraction of sp³-hybridized carbons (Fsp3) is 0.391. The van der Waals surface area contributed by atoms with Gasteiger partial charge in [0.15, 0.2) is 0 Å². The van der Waals surface area contributed by atoms with Crippen LogP contribution in [-0.2, 0) is 10.2 Å². The van der Waals surface area contributed by atoms with Crippen molar-refractivity contribution in [3.8, 4) is 0 Å². The molecule has 5 heteroatoms. The van der Waals surface area contributed by atoms with Crippen molar-refractivity contribution in [2.45, 2.75) is 44.9 Å². The van der Waals surface area contributed by atoms with Crippen LogP contribution in [0, 0.1) is 0 Å². The summed E-state index contributed by atoms with van der Waals surface area (Å²) >= 11 is 6.03. The van der Waals surface area contributed by atoms with Crippen molar-refractivity contribution < 1.29 is 9.59 Å². The molecule has 0 spiro atoms. The lowest BCUT2D eigenvalue weighted by atomic mass is 9.78. The van der Waals surface area contributed by atoms with E-state index in [9.17, 15) is 9.59 Å². The van der Waals surface area contributed by atoms with Crippen LogP contribution in [0.4, 0.5) is 5.69 Å². The Labute approximate surface area is 171 Å². The van der Waals surface area contributed by atoms with Crippen molar-refractivity contribution in [2.24, 2.45) is 0 Å². The third-order valence-corrected chi connectivity index (χ3v) is 5.98. The molecule has 0 aliphatic heterocycles. The van der Waals surface area contributed by atoms with Crippen LogP contribution in [-0.4, -0.2) is 29.8 Å². The summed E-state index contributed by atoms with van der Waals surface area (Å²) in [6.07, 6.45) is 3.73. The first-order chi connectivity index (χ1) is 13.5. The molecule has 4 nitrogen and oxygen atoms in total. The number of hydrogen-bond acceptors (Lipinski definition) is 2. The van der Waals surface area contributed by atoms with Crippen LogP contribution in [0.3, 0.4) is 0 Å². The average Bonchev–Trinajstić information content (AvgIpc) is 3.21. The van der Waals surface area contributed by atoms with E-state index in [1.54, 1.807) is 29.2 Å². The normalized spacial score (nSPS) is 15.2. The van der Waals surface area contributed by atoms with E-state index >= 15 is 0 Å². The Morgan fingerprint density at radius 1 is 0.964 bits per heavy atom. The molecule has 1 saturated carbocycles. The number of nitrogens with zero attached hydrogens (tertiary/aromatic N) is 1. The molecule has 1 aliphatic rings. The molecule has 0 radical (unpaired) electrons. The maximum absolute atomic E-state index is 13.2. The molecule has 2 aromatic carbocycles. The second-order valence-corrected chi connectivity index (χ2v) is 7.74. The second kappa shape index (κ2) is 8.78. The highest BCUT2D eigenvalue weighted by Crippen LogP contribution is 2.42. The largest absolute Gasteiger partial charge is 0.339 e. The highest BCUT2D eigenvalue weighted by molar-refractivity contribution is 6.30. The number of nitrogens with one attached hydrogen (secondary N) is 1. The average molecular weight is 399 g/mol. The number of halogens is 1. The van der Waals surface area contributed by atoms with Crippen molar-refractivity contribution in [2.75, 3.05) is 18.4 Å². The minimum absolute atomic E-state index is 0.00939.